The highest BCUT2D eigenvalue weighted by molar-refractivity contribution is 7.89. The van der Waals surface area contributed by atoms with Gasteiger partial charge in [0.05, 0.1) is 6.26 Å². The van der Waals surface area contributed by atoms with Gasteiger partial charge in [0.1, 0.15) is 6.04 Å². The second-order valence-corrected chi connectivity index (χ2v) is 7.20. The number of carbonyl (C=O) groups excluding carboxylic acids is 3. The summed E-state index contributed by atoms with van der Waals surface area (Å²) >= 11 is 0. The summed E-state index contributed by atoms with van der Waals surface area (Å²) in [6.45, 7) is 3.06. The Labute approximate surface area is 123 Å². The van der Waals surface area contributed by atoms with Crippen LogP contribution >= 0.6 is 0 Å². The van der Waals surface area contributed by atoms with Crippen LogP contribution in [-0.4, -0.2) is 78.7 Å². The number of hydrogen-bond donors (Lipinski definition) is 0. The lowest BCUT2D eigenvalue weighted by Gasteiger charge is -2.36. The van der Waals surface area contributed by atoms with E-state index in [1.165, 1.54) is 11.8 Å². The second-order valence-electron chi connectivity index (χ2n) is 5.34. The van der Waals surface area contributed by atoms with Crippen molar-refractivity contribution in [3.8, 4) is 0 Å². The van der Waals surface area contributed by atoms with Gasteiger partial charge >= 0.3 is 0 Å². The molecular weight excluding hydrogens is 298 g/mol. The smallest absolute Gasteiger partial charge is 0.246 e. The SMILES string of the molecule is CC(=O)N1CCN(C(=O)C2CCC(=O)N2S(C)(=O)=O)CC1. The molecule has 0 N–H and O–H groups in total. The second kappa shape index (κ2) is 5.63. The molecule has 118 valence electrons. The van der Waals surface area contributed by atoms with Crippen LogP contribution in [0, 0.1) is 0 Å². The molecule has 21 heavy (non-hydrogen) atoms. The fraction of sp³-hybridized carbons (Fsp3) is 0.750. The topological polar surface area (TPSA) is 95.1 Å². The third kappa shape index (κ3) is 3.17. The van der Waals surface area contributed by atoms with Gasteiger partial charge in [-0.05, 0) is 6.42 Å². The molecule has 0 bridgehead atoms. The van der Waals surface area contributed by atoms with Gasteiger partial charge in [-0.1, -0.05) is 0 Å². The van der Waals surface area contributed by atoms with Crippen molar-refractivity contribution in [3.63, 3.8) is 0 Å². The average molecular weight is 317 g/mol. The largest absolute Gasteiger partial charge is 0.339 e. The highest BCUT2D eigenvalue weighted by Gasteiger charge is 2.43. The first-order chi connectivity index (χ1) is 9.71. The van der Waals surface area contributed by atoms with Crippen molar-refractivity contribution in [3.05, 3.63) is 0 Å². The van der Waals surface area contributed by atoms with Crippen LogP contribution in [0.5, 0.6) is 0 Å². The first kappa shape index (κ1) is 15.7. The van der Waals surface area contributed by atoms with Gasteiger partial charge in [0.15, 0.2) is 0 Å². The van der Waals surface area contributed by atoms with Gasteiger partial charge in [0, 0.05) is 39.5 Å². The van der Waals surface area contributed by atoms with Crippen molar-refractivity contribution in [2.75, 3.05) is 32.4 Å². The van der Waals surface area contributed by atoms with Gasteiger partial charge in [0.2, 0.25) is 27.7 Å². The summed E-state index contributed by atoms with van der Waals surface area (Å²) in [5.74, 6) is -0.927. The van der Waals surface area contributed by atoms with Crippen molar-refractivity contribution in [1.29, 1.82) is 0 Å². The summed E-state index contributed by atoms with van der Waals surface area (Å²) in [5, 5.41) is 0. The van der Waals surface area contributed by atoms with E-state index in [-0.39, 0.29) is 24.7 Å². The first-order valence-corrected chi connectivity index (χ1v) is 8.63. The van der Waals surface area contributed by atoms with Gasteiger partial charge in [0.25, 0.3) is 0 Å². The van der Waals surface area contributed by atoms with Crippen LogP contribution in [0.1, 0.15) is 19.8 Å². The Morgan fingerprint density at radius 1 is 1.10 bits per heavy atom. The monoisotopic (exact) mass is 317 g/mol. The molecule has 2 fully saturated rings. The van der Waals surface area contributed by atoms with E-state index in [0.717, 1.165) is 6.26 Å². The molecule has 0 aromatic carbocycles. The van der Waals surface area contributed by atoms with Gasteiger partial charge in [-0.25, -0.2) is 12.7 Å². The number of rotatable bonds is 2. The van der Waals surface area contributed by atoms with E-state index in [4.69, 9.17) is 0 Å². The van der Waals surface area contributed by atoms with Crippen molar-refractivity contribution in [2.45, 2.75) is 25.8 Å². The van der Waals surface area contributed by atoms with E-state index in [1.54, 1.807) is 4.90 Å². The maximum absolute atomic E-state index is 12.4. The Hall–Kier alpha value is -1.64. The molecule has 1 atom stereocenters. The van der Waals surface area contributed by atoms with E-state index in [9.17, 15) is 22.8 Å². The third-order valence-electron chi connectivity index (χ3n) is 3.84. The van der Waals surface area contributed by atoms with Crippen LogP contribution in [0.4, 0.5) is 0 Å². The molecule has 9 heteroatoms. The summed E-state index contributed by atoms with van der Waals surface area (Å²) < 4.78 is 24.0. The molecule has 2 saturated heterocycles. The summed E-state index contributed by atoms with van der Waals surface area (Å²) in [6, 6.07) is -0.934. The quantitative estimate of drug-likeness (QED) is 0.626. The predicted molar refractivity (Wildman–Crippen MR) is 73.5 cm³/mol. The minimum absolute atomic E-state index is 0.0455. The number of carbonyl (C=O) groups is 3. The molecule has 0 aliphatic carbocycles. The van der Waals surface area contributed by atoms with E-state index in [1.807, 2.05) is 0 Å². The zero-order chi connectivity index (χ0) is 15.8. The van der Waals surface area contributed by atoms with Crippen molar-refractivity contribution >= 4 is 27.7 Å². The molecule has 2 rings (SSSR count). The Morgan fingerprint density at radius 3 is 2.10 bits per heavy atom. The molecule has 2 heterocycles. The van der Waals surface area contributed by atoms with Gasteiger partial charge in [-0.15, -0.1) is 0 Å². The van der Waals surface area contributed by atoms with E-state index in [2.05, 4.69) is 0 Å². The fourth-order valence-electron chi connectivity index (χ4n) is 2.75. The van der Waals surface area contributed by atoms with Gasteiger partial charge < -0.3 is 9.80 Å². The van der Waals surface area contributed by atoms with Gasteiger partial charge in [-0.3, -0.25) is 14.4 Å². The number of nitrogens with zero attached hydrogens (tertiary/aromatic N) is 3. The average Bonchev–Trinajstić information content (AvgIpc) is 2.80. The Kier molecular flexibility index (Phi) is 4.22. The van der Waals surface area contributed by atoms with Crippen LogP contribution in [0.3, 0.4) is 0 Å². The van der Waals surface area contributed by atoms with Gasteiger partial charge in [-0.2, -0.15) is 0 Å². The Balaban J connectivity index is 2.07. The van der Waals surface area contributed by atoms with Crippen LogP contribution in [0.25, 0.3) is 0 Å². The standard InChI is InChI=1S/C12H19N3O5S/c1-9(16)13-5-7-14(8-6-13)12(18)10-3-4-11(17)15(10)21(2,19)20/h10H,3-8H2,1-2H3. The molecule has 3 amide bonds. The van der Waals surface area contributed by atoms with Crippen LogP contribution < -0.4 is 0 Å². The molecular formula is C12H19N3O5S. The summed E-state index contributed by atoms with van der Waals surface area (Å²) in [6.07, 6.45) is 1.22. The molecule has 2 aliphatic rings. The summed E-state index contributed by atoms with van der Waals surface area (Å²) in [7, 11) is -3.74. The van der Waals surface area contributed by atoms with Crippen molar-refractivity contribution in [1.82, 2.24) is 14.1 Å². The maximum atomic E-state index is 12.4. The van der Waals surface area contributed by atoms with Crippen LogP contribution in [0.2, 0.25) is 0 Å². The molecule has 2 aliphatic heterocycles. The summed E-state index contributed by atoms with van der Waals surface area (Å²) in [5.41, 5.74) is 0. The molecule has 0 spiro atoms. The highest BCUT2D eigenvalue weighted by atomic mass is 32.2. The maximum Gasteiger partial charge on any atom is 0.246 e. The minimum Gasteiger partial charge on any atom is -0.339 e. The van der Waals surface area contributed by atoms with Crippen LogP contribution in [-0.2, 0) is 24.4 Å². The first-order valence-electron chi connectivity index (χ1n) is 6.78. The number of sulfonamides is 1. The molecule has 8 nitrogen and oxygen atoms in total. The van der Waals surface area contributed by atoms with E-state index < -0.39 is 22.0 Å². The lowest BCUT2D eigenvalue weighted by Crippen LogP contribution is -2.55. The molecule has 0 saturated carbocycles. The van der Waals surface area contributed by atoms with Crippen molar-refractivity contribution in [2.24, 2.45) is 0 Å². The zero-order valence-corrected chi connectivity index (χ0v) is 12.9. The lowest BCUT2D eigenvalue weighted by molar-refractivity contribution is -0.142. The summed E-state index contributed by atoms with van der Waals surface area (Å²) in [4.78, 5) is 38.5. The Bertz CT molecular complexity index is 565. The van der Waals surface area contributed by atoms with E-state index >= 15 is 0 Å². The third-order valence-corrected chi connectivity index (χ3v) is 5.01. The Morgan fingerprint density at radius 2 is 1.62 bits per heavy atom. The number of amides is 3. The molecule has 0 aromatic rings. The molecule has 0 aromatic heterocycles. The number of piperazine rings is 1. The lowest BCUT2D eigenvalue weighted by atomic mass is 10.2. The fourth-order valence-corrected chi connectivity index (χ4v) is 3.87. The van der Waals surface area contributed by atoms with Crippen LogP contribution in [0.15, 0.2) is 0 Å². The predicted octanol–water partition coefficient (Wildman–Crippen LogP) is -1.37. The molecule has 0 radical (unpaired) electrons. The van der Waals surface area contributed by atoms with E-state index in [0.29, 0.717) is 30.5 Å². The molecule has 1 unspecified atom stereocenters. The number of hydrogen-bond acceptors (Lipinski definition) is 5. The van der Waals surface area contributed by atoms with Crippen molar-refractivity contribution < 1.29 is 22.8 Å². The zero-order valence-electron chi connectivity index (χ0n) is 12.1. The normalized spacial score (nSPS) is 23.6. The minimum atomic E-state index is -3.74. The highest BCUT2D eigenvalue weighted by Crippen LogP contribution is 2.24.